The summed E-state index contributed by atoms with van der Waals surface area (Å²) in [7, 11) is 0. The van der Waals surface area contributed by atoms with Crippen LogP contribution < -0.4 is 10.6 Å². The van der Waals surface area contributed by atoms with Crippen LogP contribution in [0.2, 0.25) is 5.02 Å². The third kappa shape index (κ3) is 2.26. The molecule has 1 amide bonds. The molecule has 1 atom stereocenters. The highest BCUT2D eigenvalue weighted by Gasteiger charge is 2.30. The van der Waals surface area contributed by atoms with Crippen molar-refractivity contribution in [2.75, 3.05) is 18.0 Å². The Morgan fingerprint density at radius 3 is 2.72 bits per heavy atom. The zero-order valence-corrected chi connectivity index (χ0v) is 10.4. The molecule has 0 radical (unpaired) electrons. The first kappa shape index (κ1) is 12.7. The number of carbonyl (C=O) groups is 2. The maximum Gasteiger partial charge on any atom is 0.308 e. The topological polar surface area (TPSA) is 83.6 Å². The number of aliphatic carboxylic acids is 1. The summed E-state index contributed by atoms with van der Waals surface area (Å²) in [6.07, 6.45) is 0.556. The average molecular weight is 269 g/mol. The normalized spacial score (nSPS) is 18.9. The number of nitrogens with two attached hydrogens (primary N) is 1. The van der Waals surface area contributed by atoms with Crippen LogP contribution in [0.25, 0.3) is 0 Å². The summed E-state index contributed by atoms with van der Waals surface area (Å²) in [6.45, 7) is 0.952. The minimum absolute atomic E-state index is 0.255. The van der Waals surface area contributed by atoms with Gasteiger partial charge < -0.3 is 15.7 Å². The first-order valence-corrected chi connectivity index (χ1v) is 5.94. The van der Waals surface area contributed by atoms with E-state index >= 15 is 0 Å². The number of rotatable bonds is 3. The molecule has 1 unspecified atom stereocenters. The van der Waals surface area contributed by atoms with E-state index in [0.29, 0.717) is 30.2 Å². The van der Waals surface area contributed by atoms with Crippen LogP contribution in [0.4, 0.5) is 5.69 Å². The third-order valence-corrected chi connectivity index (χ3v) is 3.43. The lowest BCUT2D eigenvalue weighted by Crippen LogP contribution is -2.26. The second-order valence-electron chi connectivity index (χ2n) is 4.27. The first-order valence-electron chi connectivity index (χ1n) is 5.56. The van der Waals surface area contributed by atoms with E-state index in [-0.39, 0.29) is 5.56 Å². The van der Waals surface area contributed by atoms with Crippen LogP contribution in [0.3, 0.4) is 0 Å². The SMILES string of the molecule is NC(=O)c1c(Cl)cccc1N1CCC(C(=O)O)C1. The van der Waals surface area contributed by atoms with Crippen LogP contribution in [-0.4, -0.2) is 30.1 Å². The van der Waals surface area contributed by atoms with Crippen molar-refractivity contribution >= 4 is 29.2 Å². The molecule has 96 valence electrons. The Kier molecular flexibility index (Phi) is 3.43. The fourth-order valence-electron chi connectivity index (χ4n) is 2.20. The Labute approximate surface area is 109 Å². The fraction of sp³-hybridized carbons (Fsp3) is 0.333. The van der Waals surface area contributed by atoms with Crippen molar-refractivity contribution in [2.45, 2.75) is 6.42 Å². The molecule has 2 rings (SSSR count). The number of anilines is 1. The number of carbonyl (C=O) groups excluding carboxylic acids is 1. The molecule has 1 aliphatic heterocycles. The summed E-state index contributed by atoms with van der Waals surface area (Å²) < 4.78 is 0. The Bertz CT molecular complexity index is 504. The van der Waals surface area contributed by atoms with Crippen molar-refractivity contribution in [2.24, 2.45) is 11.7 Å². The Balaban J connectivity index is 2.32. The fourth-order valence-corrected chi connectivity index (χ4v) is 2.46. The Morgan fingerprint density at radius 2 is 2.17 bits per heavy atom. The molecule has 1 saturated heterocycles. The summed E-state index contributed by atoms with van der Waals surface area (Å²) in [4.78, 5) is 24.2. The second kappa shape index (κ2) is 4.86. The summed E-state index contributed by atoms with van der Waals surface area (Å²) >= 11 is 5.96. The molecular weight excluding hydrogens is 256 g/mol. The summed E-state index contributed by atoms with van der Waals surface area (Å²) in [5.74, 6) is -1.83. The van der Waals surface area contributed by atoms with E-state index in [0.717, 1.165) is 0 Å². The van der Waals surface area contributed by atoms with Gasteiger partial charge in [-0.1, -0.05) is 17.7 Å². The van der Waals surface area contributed by atoms with Crippen LogP contribution in [0.15, 0.2) is 18.2 Å². The quantitative estimate of drug-likeness (QED) is 0.867. The second-order valence-corrected chi connectivity index (χ2v) is 4.68. The van der Waals surface area contributed by atoms with Gasteiger partial charge in [-0.2, -0.15) is 0 Å². The molecular formula is C12H13ClN2O3. The van der Waals surface area contributed by atoms with E-state index in [2.05, 4.69) is 0 Å². The molecule has 1 aromatic rings. The molecule has 0 aliphatic carbocycles. The molecule has 0 spiro atoms. The number of hydrogen-bond donors (Lipinski definition) is 2. The number of carboxylic acids is 1. The van der Waals surface area contributed by atoms with Gasteiger partial charge in [-0.25, -0.2) is 0 Å². The highest BCUT2D eigenvalue weighted by atomic mass is 35.5. The third-order valence-electron chi connectivity index (χ3n) is 3.12. The number of amides is 1. The maximum atomic E-state index is 11.4. The number of halogens is 1. The van der Waals surface area contributed by atoms with Crippen LogP contribution in [-0.2, 0) is 4.79 Å². The summed E-state index contributed by atoms with van der Waals surface area (Å²) in [6, 6.07) is 5.05. The lowest BCUT2D eigenvalue weighted by molar-refractivity contribution is -0.140. The van der Waals surface area contributed by atoms with Gasteiger partial charge >= 0.3 is 5.97 Å². The highest BCUT2D eigenvalue weighted by molar-refractivity contribution is 6.34. The van der Waals surface area contributed by atoms with Gasteiger partial charge in [0.05, 0.1) is 22.2 Å². The first-order chi connectivity index (χ1) is 8.50. The van der Waals surface area contributed by atoms with Crippen molar-refractivity contribution < 1.29 is 14.7 Å². The van der Waals surface area contributed by atoms with Crippen molar-refractivity contribution in [1.82, 2.24) is 0 Å². The monoisotopic (exact) mass is 268 g/mol. The van der Waals surface area contributed by atoms with Crippen molar-refractivity contribution in [1.29, 1.82) is 0 Å². The molecule has 18 heavy (non-hydrogen) atoms. The van der Waals surface area contributed by atoms with E-state index in [1.54, 1.807) is 18.2 Å². The number of benzene rings is 1. The number of carboxylic acid groups (broad SMARTS) is 1. The molecule has 1 fully saturated rings. The van der Waals surface area contributed by atoms with Gasteiger partial charge in [0.25, 0.3) is 5.91 Å². The van der Waals surface area contributed by atoms with Gasteiger partial charge in [-0.3, -0.25) is 9.59 Å². The van der Waals surface area contributed by atoms with Crippen molar-refractivity contribution in [3.05, 3.63) is 28.8 Å². The van der Waals surface area contributed by atoms with Crippen molar-refractivity contribution in [3.63, 3.8) is 0 Å². The van der Waals surface area contributed by atoms with E-state index in [1.165, 1.54) is 0 Å². The number of primary amides is 1. The standard InChI is InChI=1S/C12H13ClN2O3/c13-8-2-1-3-9(10(8)11(14)16)15-5-4-7(6-15)12(17)18/h1-3,7H,4-6H2,(H2,14,16)(H,17,18). The highest BCUT2D eigenvalue weighted by Crippen LogP contribution is 2.31. The summed E-state index contributed by atoms with van der Waals surface area (Å²) in [5, 5.41) is 9.26. The number of nitrogens with zero attached hydrogens (tertiary/aromatic N) is 1. The van der Waals surface area contributed by atoms with Gasteiger partial charge in [0, 0.05) is 13.1 Å². The smallest absolute Gasteiger partial charge is 0.308 e. The lowest BCUT2D eigenvalue weighted by Gasteiger charge is -2.21. The molecule has 3 N–H and O–H groups in total. The number of hydrogen-bond acceptors (Lipinski definition) is 3. The van der Waals surface area contributed by atoms with Gasteiger partial charge in [0.1, 0.15) is 0 Å². The predicted molar refractivity (Wildman–Crippen MR) is 67.9 cm³/mol. The van der Waals surface area contributed by atoms with E-state index in [1.807, 2.05) is 4.90 Å². The molecule has 0 bridgehead atoms. The largest absolute Gasteiger partial charge is 0.481 e. The van der Waals surface area contributed by atoms with Crippen LogP contribution in [0.1, 0.15) is 16.8 Å². The van der Waals surface area contributed by atoms with Crippen LogP contribution in [0, 0.1) is 5.92 Å². The zero-order chi connectivity index (χ0) is 13.3. The predicted octanol–water partition coefficient (Wildman–Crippen LogP) is 1.35. The zero-order valence-electron chi connectivity index (χ0n) is 9.60. The Hall–Kier alpha value is -1.75. The minimum Gasteiger partial charge on any atom is -0.481 e. The summed E-state index contributed by atoms with van der Waals surface area (Å²) in [5.41, 5.74) is 6.18. The van der Waals surface area contributed by atoms with Gasteiger partial charge in [-0.05, 0) is 18.6 Å². The molecule has 6 heteroatoms. The van der Waals surface area contributed by atoms with Crippen LogP contribution in [0.5, 0.6) is 0 Å². The maximum absolute atomic E-state index is 11.4. The van der Waals surface area contributed by atoms with E-state index < -0.39 is 17.8 Å². The van der Waals surface area contributed by atoms with Crippen LogP contribution >= 0.6 is 11.6 Å². The lowest BCUT2D eigenvalue weighted by atomic mass is 10.1. The molecule has 1 aliphatic rings. The minimum atomic E-state index is -0.819. The van der Waals surface area contributed by atoms with Gasteiger partial charge in [-0.15, -0.1) is 0 Å². The molecule has 1 heterocycles. The average Bonchev–Trinajstić information content (AvgIpc) is 2.77. The van der Waals surface area contributed by atoms with E-state index in [9.17, 15) is 9.59 Å². The molecule has 0 aromatic heterocycles. The molecule has 0 saturated carbocycles. The van der Waals surface area contributed by atoms with E-state index in [4.69, 9.17) is 22.4 Å². The Morgan fingerprint density at radius 1 is 1.44 bits per heavy atom. The van der Waals surface area contributed by atoms with Gasteiger partial charge in [0.2, 0.25) is 0 Å². The molecule has 1 aromatic carbocycles. The van der Waals surface area contributed by atoms with Crippen molar-refractivity contribution in [3.8, 4) is 0 Å². The molecule has 5 nitrogen and oxygen atoms in total. The van der Waals surface area contributed by atoms with Gasteiger partial charge in [0.15, 0.2) is 0 Å².